The van der Waals surface area contributed by atoms with Crippen molar-refractivity contribution in [2.75, 3.05) is 0 Å². The molecule has 0 aromatic heterocycles. The van der Waals surface area contributed by atoms with Crippen molar-refractivity contribution >= 4 is 0 Å². The summed E-state index contributed by atoms with van der Waals surface area (Å²) in [6, 6.07) is 0.551. The smallest absolute Gasteiger partial charge is 0.0210 e. The molecular weight excluding hydrogens is 208 g/mol. The standard InChI is InChI=1S/C15H34N2/c1-3-5-7-8-9-10-11-12-14-15(17-16)13-6-4-2/h15,17H,3-14,16H2,1-2H3. The lowest BCUT2D eigenvalue weighted by Crippen LogP contribution is -2.34. The number of rotatable bonds is 13. The first-order valence-corrected chi connectivity index (χ1v) is 7.81. The Kier molecular flexibility index (Phi) is 13.9. The van der Waals surface area contributed by atoms with Gasteiger partial charge in [-0.2, -0.15) is 0 Å². The van der Waals surface area contributed by atoms with Gasteiger partial charge in [0.2, 0.25) is 0 Å². The molecule has 17 heavy (non-hydrogen) atoms. The molecule has 0 saturated carbocycles. The molecule has 0 amide bonds. The largest absolute Gasteiger partial charge is 0.271 e. The van der Waals surface area contributed by atoms with Gasteiger partial charge in [0.1, 0.15) is 0 Å². The summed E-state index contributed by atoms with van der Waals surface area (Å²) in [6.07, 6.45) is 16.3. The SMILES string of the molecule is CCCCCCCCCCC(CCCC)NN. The maximum absolute atomic E-state index is 5.56. The first-order valence-electron chi connectivity index (χ1n) is 7.81. The van der Waals surface area contributed by atoms with Crippen molar-refractivity contribution in [2.45, 2.75) is 96.9 Å². The molecule has 0 aromatic rings. The second-order valence-corrected chi connectivity index (χ2v) is 5.27. The maximum atomic E-state index is 5.56. The van der Waals surface area contributed by atoms with Crippen LogP contribution < -0.4 is 11.3 Å². The highest BCUT2D eigenvalue weighted by molar-refractivity contribution is 4.63. The van der Waals surface area contributed by atoms with Crippen LogP contribution in [0.25, 0.3) is 0 Å². The minimum atomic E-state index is 0.551. The zero-order chi connectivity index (χ0) is 12.8. The Hall–Kier alpha value is -0.0800. The molecule has 0 saturated heterocycles. The fourth-order valence-electron chi connectivity index (χ4n) is 2.29. The van der Waals surface area contributed by atoms with Gasteiger partial charge in [0, 0.05) is 6.04 Å². The van der Waals surface area contributed by atoms with Crippen LogP contribution in [-0.4, -0.2) is 6.04 Å². The molecule has 0 rings (SSSR count). The highest BCUT2D eigenvalue weighted by Crippen LogP contribution is 2.12. The average Bonchev–Trinajstić information content (AvgIpc) is 2.36. The number of nitrogens with two attached hydrogens (primary N) is 1. The molecule has 1 atom stereocenters. The first-order chi connectivity index (χ1) is 8.35. The third-order valence-corrected chi connectivity index (χ3v) is 3.55. The third-order valence-electron chi connectivity index (χ3n) is 3.55. The molecule has 0 spiro atoms. The van der Waals surface area contributed by atoms with Crippen LogP contribution in [0.5, 0.6) is 0 Å². The van der Waals surface area contributed by atoms with Gasteiger partial charge < -0.3 is 0 Å². The van der Waals surface area contributed by atoms with Crippen molar-refractivity contribution in [1.29, 1.82) is 0 Å². The van der Waals surface area contributed by atoms with E-state index < -0.39 is 0 Å². The number of hydrazine groups is 1. The van der Waals surface area contributed by atoms with E-state index in [1.165, 1.54) is 77.0 Å². The second-order valence-electron chi connectivity index (χ2n) is 5.27. The van der Waals surface area contributed by atoms with Crippen LogP contribution in [0.3, 0.4) is 0 Å². The van der Waals surface area contributed by atoms with Crippen LogP contribution >= 0.6 is 0 Å². The van der Waals surface area contributed by atoms with E-state index in [2.05, 4.69) is 19.3 Å². The van der Waals surface area contributed by atoms with Crippen LogP contribution in [0, 0.1) is 0 Å². The van der Waals surface area contributed by atoms with E-state index in [0.717, 1.165) is 0 Å². The molecule has 2 nitrogen and oxygen atoms in total. The Morgan fingerprint density at radius 3 is 1.71 bits per heavy atom. The lowest BCUT2D eigenvalue weighted by molar-refractivity contribution is 0.426. The summed E-state index contributed by atoms with van der Waals surface area (Å²) < 4.78 is 0. The summed E-state index contributed by atoms with van der Waals surface area (Å²) >= 11 is 0. The molecule has 0 aliphatic carbocycles. The summed E-state index contributed by atoms with van der Waals surface area (Å²) in [7, 11) is 0. The molecule has 0 aliphatic heterocycles. The van der Waals surface area contributed by atoms with E-state index in [9.17, 15) is 0 Å². The first kappa shape index (κ1) is 16.9. The van der Waals surface area contributed by atoms with Crippen LogP contribution in [0.1, 0.15) is 90.9 Å². The van der Waals surface area contributed by atoms with E-state index in [-0.39, 0.29) is 0 Å². The van der Waals surface area contributed by atoms with E-state index in [0.29, 0.717) is 6.04 Å². The third kappa shape index (κ3) is 12.2. The number of nitrogens with one attached hydrogen (secondary N) is 1. The van der Waals surface area contributed by atoms with Gasteiger partial charge in [0.25, 0.3) is 0 Å². The van der Waals surface area contributed by atoms with Gasteiger partial charge in [0.15, 0.2) is 0 Å². The minimum Gasteiger partial charge on any atom is -0.271 e. The average molecular weight is 242 g/mol. The van der Waals surface area contributed by atoms with E-state index in [4.69, 9.17) is 5.84 Å². The lowest BCUT2D eigenvalue weighted by Gasteiger charge is -2.14. The van der Waals surface area contributed by atoms with Crippen LogP contribution in [0.4, 0.5) is 0 Å². The fraction of sp³-hybridized carbons (Fsp3) is 1.00. The predicted molar refractivity (Wildman–Crippen MR) is 77.9 cm³/mol. The second kappa shape index (κ2) is 14.0. The molecule has 0 fully saturated rings. The quantitative estimate of drug-likeness (QED) is 0.283. The van der Waals surface area contributed by atoms with E-state index in [1.54, 1.807) is 0 Å². The van der Waals surface area contributed by atoms with Crippen LogP contribution in [-0.2, 0) is 0 Å². The predicted octanol–water partition coefficient (Wildman–Crippen LogP) is 4.54. The molecule has 0 heterocycles. The number of hydrogen-bond donors (Lipinski definition) is 2. The van der Waals surface area contributed by atoms with Crippen molar-refractivity contribution < 1.29 is 0 Å². The molecular formula is C15H34N2. The molecule has 2 heteroatoms. The van der Waals surface area contributed by atoms with Crippen molar-refractivity contribution in [3.05, 3.63) is 0 Å². The zero-order valence-electron chi connectivity index (χ0n) is 12.1. The Morgan fingerprint density at radius 2 is 1.18 bits per heavy atom. The highest BCUT2D eigenvalue weighted by Gasteiger charge is 2.04. The Labute approximate surface area is 109 Å². The number of unbranched alkanes of at least 4 members (excludes halogenated alkanes) is 8. The van der Waals surface area contributed by atoms with Crippen LogP contribution in [0.2, 0.25) is 0 Å². The summed E-state index contributed by atoms with van der Waals surface area (Å²) in [6.45, 7) is 4.51. The molecule has 0 aliphatic rings. The molecule has 3 N–H and O–H groups in total. The van der Waals surface area contributed by atoms with Gasteiger partial charge >= 0.3 is 0 Å². The summed E-state index contributed by atoms with van der Waals surface area (Å²) in [4.78, 5) is 0. The van der Waals surface area contributed by atoms with Gasteiger partial charge in [-0.05, 0) is 12.8 Å². The topological polar surface area (TPSA) is 38.0 Å². The van der Waals surface area contributed by atoms with Gasteiger partial charge in [-0.3, -0.25) is 11.3 Å². The van der Waals surface area contributed by atoms with Gasteiger partial charge in [-0.1, -0.05) is 78.1 Å². The monoisotopic (exact) mass is 242 g/mol. The maximum Gasteiger partial charge on any atom is 0.0210 e. The van der Waals surface area contributed by atoms with E-state index >= 15 is 0 Å². The van der Waals surface area contributed by atoms with E-state index in [1.807, 2.05) is 0 Å². The minimum absolute atomic E-state index is 0.551. The molecule has 0 aromatic carbocycles. The molecule has 1 unspecified atom stereocenters. The fourth-order valence-corrected chi connectivity index (χ4v) is 2.29. The Balaban J connectivity index is 3.19. The lowest BCUT2D eigenvalue weighted by atomic mass is 10.0. The molecule has 0 radical (unpaired) electrons. The zero-order valence-corrected chi connectivity index (χ0v) is 12.1. The van der Waals surface area contributed by atoms with Crippen molar-refractivity contribution in [2.24, 2.45) is 5.84 Å². The van der Waals surface area contributed by atoms with Crippen molar-refractivity contribution in [1.82, 2.24) is 5.43 Å². The van der Waals surface area contributed by atoms with Crippen molar-refractivity contribution in [3.8, 4) is 0 Å². The van der Waals surface area contributed by atoms with Gasteiger partial charge in [-0.25, -0.2) is 0 Å². The Bertz CT molecular complexity index is 137. The number of hydrogen-bond acceptors (Lipinski definition) is 2. The summed E-state index contributed by atoms with van der Waals surface area (Å²) in [5.74, 6) is 5.56. The highest BCUT2D eigenvalue weighted by atomic mass is 15.2. The molecule has 104 valence electrons. The van der Waals surface area contributed by atoms with Crippen molar-refractivity contribution in [3.63, 3.8) is 0 Å². The summed E-state index contributed by atoms with van der Waals surface area (Å²) in [5, 5.41) is 0. The Morgan fingerprint density at radius 1 is 0.706 bits per heavy atom. The normalized spacial score (nSPS) is 12.9. The van der Waals surface area contributed by atoms with Crippen LogP contribution in [0.15, 0.2) is 0 Å². The summed E-state index contributed by atoms with van der Waals surface area (Å²) in [5.41, 5.74) is 2.96. The van der Waals surface area contributed by atoms with Gasteiger partial charge in [-0.15, -0.1) is 0 Å². The van der Waals surface area contributed by atoms with Gasteiger partial charge in [0.05, 0.1) is 0 Å². The molecule has 0 bridgehead atoms.